The van der Waals surface area contributed by atoms with Crippen LogP contribution < -0.4 is 4.74 Å². The van der Waals surface area contributed by atoms with Crippen molar-refractivity contribution in [2.24, 2.45) is 0 Å². The molecule has 23 heavy (non-hydrogen) atoms. The molecule has 0 unspecified atom stereocenters. The molecule has 0 amide bonds. The molecule has 0 atom stereocenters. The Hall–Kier alpha value is -2.29. The highest BCUT2D eigenvalue weighted by Gasteiger charge is 2.07. The molecule has 1 aromatic heterocycles. The summed E-state index contributed by atoms with van der Waals surface area (Å²) < 4.78 is 5.83. The molecule has 4 heteroatoms. The number of ether oxygens (including phenoxy) is 1. The van der Waals surface area contributed by atoms with Gasteiger partial charge in [0.25, 0.3) is 0 Å². The Balaban J connectivity index is 1.81. The second kappa shape index (κ2) is 5.73. The Labute approximate surface area is 143 Å². The summed E-state index contributed by atoms with van der Waals surface area (Å²) in [6.45, 7) is 0. The zero-order valence-electron chi connectivity index (χ0n) is 12.0. The van der Waals surface area contributed by atoms with E-state index in [-0.39, 0.29) is 0 Å². The third-order valence-corrected chi connectivity index (χ3v) is 4.23. The number of rotatable bonds is 2. The van der Waals surface area contributed by atoms with Crippen molar-refractivity contribution in [3.05, 3.63) is 76.9 Å². The number of aromatic nitrogens is 1. The van der Waals surface area contributed by atoms with E-state index in [2.05, 4.69) is 4.98 Å². The van der Waals surface area contributed by atoms with Crippen LogP contribution in [0.15, 0.2) is 66.9 Å². The Bertz CT molecular complexity index is 1010. The maximum absolute atomic E-state index is 6.38. The van der Waals surface area contributed by atoms with Crippen molar-refractivity contribution in [1.29, 1.82) is 0 Å². The lowest BCUT2D eigenvalue weighted by Crippen LogP contribution is -1.88. The number of hydrogen-bond donors (Lipinski definition) is 0. The zero-order chi connectivity index (χ0) is 15.8. The number of halogens is 2. The average molecular weight is 340 g/mol. The number of nitrogens with zero attached hydrogens (tertiary/aromatic N) is 1. The predicted octanol–water partition coefficient (Wildman–Crippen LogP) is 6.49. The number of fused-ring (bicyclic) bond motifs is 3. The van der Waals surface area contributed by atoms with Crippen molar-refractivity contribution in [2.45, 2.75) is 0 Å². The van der Waals surface area contributed by atoms with Crippen LogP contribution in [0.1, 0.15) is 0 Å². The van der Waals surface area contributed by atoms with Crippen molar-refractivity contribution in [2.75, 3.05) is 0 Å². The minimum atomic E-state index is 0.658. The molecule has 0 aliphatic carbocycles. The molecular formula is C19H11Cl2NO. The molecule has 2 nitrogen and oxygen atoms in total. The van der Waals surface area contributed by atoms with Gasteiger partial charge in [0.2, 0.25) is 0 Å². The minimum absolute atomic E-state index is 0.658. The fourth-order valence-corrected chi connectivity index (χ4v) is 3.01. The summed E-state index contributed by atoms with van der Waals surface area (Å²) in [4.78, 5) is 4.55. The van der Waals surface area contributed by atoms with Crippen molar-refractivity contribution >= 4 is 44.9 Å². The summed E-state index contributed by atoms with van der Waals surface area (Å²) in [6, 6.07) is 19.0. The van der Waals surface area contributed by atoms with E-state index in [0.29, 0.717) is 21.5 Å². The second-order valence-electron chi connectivity index (χ2n) is 5.20. The standard InChI is InChI=1S/C19H11Cl2NO/c20-13-5-7-14(8-6-13)23-15-9-12-10-18(21)16-3-1-2-4-17(16)19(12)22-11-15/h1-11H. The Morgan fingerprint density at radius 1 is 0.783 bits per heavy atom. The molecule has 3 aromatic carbocycles. The van der Waals surface area contributed by atoms with E-state index in [1.54, 1.807) is 18.3 Å². The molecule has 112 valence electrons. The van der Waals surface area contributed by atoms with Gasteiger partial charge in [-0.15, -0.1) is 0 Å². The van der Waals surface area contributed by atoms with Gasteiger partial charge in [0.05, 0.1) is 11.7 Å². The van der Waals surface area contributed by atoms with Crippen molar-refractivity contribution < 1.29 is 4.74 Å². The predicted molar refractivity (Wildman–Crippen MR) is 95.8 cm³/mol. The average Bonchev–Trinajstić information content (AvgIpc) is 2.57. The van der Waals surface area contributed by atoms with Gasteiger partial charge < -0.3 is 4.74 Å². The van der Waals surface area contributed by atoms with E-state index in [0.717, 1.165) is 21.7 Å². The van der Waals surface area contributed by atoms with Gasteiger partial charge in [-0.05, 0) is 36.4 Å². The highest BCUT2D eigenvalue weighted by atomic mass is 35.5. The summed E-state index contributed by atoms with van der Waals surface area (Å²) in [7, 11) is 0. The monoisotopic (exact) mass is 339 g/mol. The van der Waals surface area contributed by atoms with Crippen LogP contribution in [0.25, 0.3) is 21.7 Å². The molecule has 0 bridgehead atoms. The fourth-order valence-electron chi connectivity index (χ4n) is 2.60. The first kappa shape index (κ1) is 14.3. The van der Waals surface area contributed by atoms with Gasteiger partial charge in [-0.25, -0.2) is 0 Å². The molecule has 0 saturated heterocycles. The highest BCUT2D eigenvalue weighted by molar-refractivity contribution is 6.37. The van der Waals surface area contributed by atoms with Crippen LogP contribution in [0.5, 0.6) is 11.5 Å². The smallest absolute Gasteiger partial charge is 0.146 e. The topological polar surface area (TPSA) is 22.1 Å². The molecule has 4 rings (SSSR count). The highest BCUT2D eigenvalue weighted by Crippen LogP contribution is 2.33. The molecule has 0 aliphatic heterocycles. The zero-order valence-corrected chi connectivity index (χ0v) is 13.5. The molecule has 4 aromatic rings. The van der Waals surface area contributed by atoms with Crippen LogP contribution in [-0.4, -0.2) is 4.98 Å². The lowest BCUT2D eigenvalue weighted by Gasteiger charge is -2.09. The number of hydrogen-bond acceptors (Lipinski definition) is 2. The molecule has 0 saturated carbocycles. The summed E-state index contributed by atoms with van der Waals surface area (Å²) in [5.41, 5.74) is 0.911. The van der Waals surface area contributed by atoms with Gasteiger partial charge in [-0.1, -0.05) is 47.5 Å². The van der Waals surface area contributed by atoms with Crippen LogP contribution in [0, 0.1) is 0 Å². The minimum Gasteiger partial charge on any atom is -0.456 e. The normalized spacial score (nSPS) is 11.0. The van der Waals surface area contributed by atoms with E-state index in [1.165, 1.54) is 0 Å². The SMILES string of the molecule is Clc1ccc(Oc2cnc3c(c2)cc(Cl)c2ccccc23)cc1. The van der Waals surface area contributed by atoms with Crippen LogP contribution in [0.4, 0.5) is 0 Å². The number of pyridine rings is 1. The molecule has 0 spiro atoms. The van der Waals surface area contributed by atoms with Gasteiger partial charge >= 0.3 is 0 Å². The molecule has 0 N–H and O–H groups in total. The molecular weight excluding hydrogens is 329 g/mol. The first-order valence-corrected chi connectivity index (χ1v) is 7.87. The Morgan fingerprint density at radius 2 is 1.52 bits per heavy atom. The van der Waals surface area contributed by atoms with Crippen molar-refractivity contribution in [3.8, 4) is 11.5 Å². The molecule has 0 aliphatic rings. The van der Waals surface area contributed by atoms with E-state index in [4.69, 9.17) is 27.9 Å². The van der Waals surface area contributed by atoms with Crippen LogP contribution in [0.3, 0.4) is 0 Å². The van der Waals surface area contributed by atoms with Crippen molar-refractivity contribution in [3.63, 3.8) is 0 Å². The van der Waals surface area contributed by atoms with Gasteiger partial charge in [0.1, 0.15) is 11.5 Å². The van der Waals surface area contributed by atoms with Gasteiger partial charge in [0, 0.05) is 26.2 Å². The van der Waals surface area contributed by atoms with Crippen LogP contribution >= 0.6 is 23.2 Å². The van der Waals surface area contributed by atoms with Gasteiger partial charge in [-0.2, -0.15) is 0 Å². The molecule has 1 heterocycles. The van der Waals surface area contributed by atoms with E-state index in [1.807, 2.05) is 48.5 Å². The quantitative estimate of drug-likeness (QED) is 0.389. The number of benzene rings is 3. The summed E-state index contributed by atoms with van der Waals surface area (Å²) in [6.07, 6.45) is 1.72. The summed E-state index contributed by atoms with van der Waals surface area (Å²) >= 11 is 12.3. The van der Waals surface area contributed by atoms with Crippen molar-refractivity contribution in [1.82, 2.24) is 4.98 Å². The third kappa shape index (κ3) is 2.72. The van der Waals surface area contributed by atoms with Gasteiger partial charge in [-0.3, -0.25) is 4.98 Å². The van der Waals surface area contributed by atoms with Gasteiger partial charge in [0.15, 0.2) is 0 Å². The Kier molecular flexibility index (Phi) is 3.56. The first-order valence-electron chi connectivity index (χ1n) is 7.11. The maximum atomic E-state index is 6.38. The molecule has 0 fully saturated rings. The third-order valence-electron chi connectivity index (χ3n) is 3.66. The molecule has 0 radical (unpaired) electrons. The van der Waals surface area contributed by atoms with E-state index in [9.17, 15) is 0 Å². The largest absolute Gasteiger partial charge is 0.456 e. The fraction of sp³-hybridized carbons (Fsp3) is 0. The maximum Gasteiger partial charge on any atom is 0.146 e. The Morgan fingerprint density at radius 3 is 2.30 bits per heavy atom. The van der Waals surface area contributed by atoms with E-state index >= 15 is 0 Å². The van der Waals surface area contributed by atoms with Crippen LogP contribution in [0.2, 0.25) is 10.0 Å². The summed E-state index contributed by atoms with van der Waals surface area (Å²) in [5, 5.41) is 4.36. The first-order chi connectivity index (χ1) is 11.2. The summed E-state index contributed by atoms with van der Waals surface area (Å²) in [5.74, 6) is 1.37. The lowest BCUT2D eigenvalue weighted by atomic mass is 10.1. The van der Waals surface area contributed by atoms with E-state index < -0.39 is 0 Å². The lowest BCUT2D eigenvalue weighted by molar-refractivity contribution is 0.481. The second-order valence-corrected chi connectivity index (χ2v) is 6.05. The van der Waals surface area contributed by atoms with Crippen LogP contribution in [-0.2, 0) is 0 Å².